The number of carbonyl (C=O) groups excluding carboxylic acids is 1. The average Bonchev–Trinajstić information content (AvgIpc) is 2.38. The van der Waals surface area contributed by atoms with Crippen LogP contribution in [0.4, 0.5) is 0 Å². The summed E-state index contributed by atoms with van der Waals surface area (Å²) in [5, 5.41) is 2.97. The van der Waals surface area contributed by atoms with Gasteiger partial charge in [-0.05, 0) is 59.7 Å². The van der Waals surface area contributed by atoms with Gasteiger partial charge in [0.25, 0.3) is 5.91 Å². The molecule has 2 rings (SSSR count). The SMILES string of the molecule is Cc1ccc(CNC(=O)c2ccccc2I)c(C)c1. The van der Waals surface area contributed by atoms with E-state index in [9.17, 15) is 4.79 Å². The molecule has 0 saturated heterocycles. The number of aryl methyl sites for hydroxylation is 2. The molecule has 0 unspecified atom stereocenters. The average molecular weight is 365 g/mol. The highest BCUT2D eigenvalue weighted by Crippen LogP contribution is 2.13. The molecule has 0 spiro atoms. The lowest BCUT2D eigenvalue weighted by Crippen LogP contribution is -2.24. The first-order chi connectivity index (χ1) is 9.08. The zero-order valence-electron chi connectivity index (χ0n) is 11.0. The van der Waals surface area contributed by atoms with Crippen molar-refractivity contribution in [3.63, 3.8) is 0 Å². The molecule has 0 bridgehead atoms. The second-order valence-electron chi connectivity index (χ2n) is 4.59. The Kier molecular flexibility index (Phi) is 4.58. The molecule has 0 fully saturated rings. The van der Waals surface area contributed by atoms with Crippen molar-refractivity contribution >= 4 is 28.5 Å². The molecule has 0 aromatic heterocycles. The molecule has 0 saturated carbocycles. The van der Waals surface area contributed by atoms with Gasteiger partial charge >= 0.3 is 0 Å². The maximum Gasteiger partial charge on any atom is 0.252 e. The molecule has 0 aliphatic carbocycles. The lowest BCUT2D eigenvalue weighted by atomic mass is 10.1. The van der Waals surface area contributed by atoms with Gasteiger partial charge in [-0.1, -0.05) is 35.9 Å². The Labute approximate surface area is 127 Å². The summed E-state index contributed by atoms with van der Waals surface area (Å²) >= 11 is 2.18. The maximum absolute atomic E-state index is 12.1. The third-order valence-electron chi connectivity index (χ3n) is 3.06. The molecule has 0 heterocycles. The summed E-state index contributed by atoms with van der Waals surface area (Å²) in [7, 11) is 0. The number of nitrogens with one attached hydrogen (secondary N) is 1. The van der Waals surface area contributed by atoms with Crippen LogP contribution in [0.5, 0.6) is 0 Å². The van der Waals surface area contributed by atoms with E-state index in [-0.39, 0.29) is 5.91 Å². The van der Waals surface area contributed by atoms with Gasteiger partial charge < -0.3 is 5.32 Å². The first-order valence-electron chi connectivity index (χ1n) is 6.17. The minimum absolute atomic E-state index is 0.0232. The Morgan fingerprint density at radius 3 is 2.58 bits per heavy atom. The Morgan fingerprint density at radius 1 is 1.16 bits per heavy atom. The molecule has 1 N–H and O–H groups in total. The first kappa shape index (κ1) is 14.1. The Hall–Kier alpha value is -1.36. The number of carbonyl (C=O) groups is 1. The van der Waals surface area contributed by atoms with Crippen LogP contribution in [0, 0.1) is 17.4 Å². The predicted molar refractivity (Wildman–Crippen MR) is 86.2 cm³/mol. The largest absolute Gasteiger partial charge is 0.348 e. The summed E-state index contributed by atoms with van der Waals surface area (Å²) in [5.74, 6) is -0.0232. The number of amides is 1. The fraction of sp³-hybridized carbons (Fsp3) is 0.188. The smallest absolute Gasteiger partial charge is 0.252 e. The van der Waals surface area contributed by atoms with Crippen LogP contribution in [0.1, 0.15) is 27.0 Å². The number of hydrogen-bond donors (Lipinski definition) is 1. The summed E-state index contributed by atoms with van der Waals surface area (Å²) in [5.41, 5.74) is 4.34. The fourth-order valence-corrected chi connectivity index (χ4v) is 2.59. The van der Waals surface area contributed by atoms with E-state index >= 15 is 0 Å². The van der Waals surface area contributed by atoms with Gasteiger partial charge in [-0.3, -0.25) is 4.79 Å². The van der Waals surface area contributed by atoms with Gasteiger partial charge in [0.2, 0.25) is 0 Å². The van der Waals surface area contributed by atoms with Crippen LogP contribution < -0.4 is 5.32 Å². The van der Waals surface area contributed by atoms with Crippen molar-refractivity contribution in [2.24, 2.45) is 0 Å². The lowest BCUT2D eigenvalue weighted by Gasteiger charge is -2.09. The van der Waals surface area contributed by atoms with Crippen molar-refractivity contribution in [3.05, 3.63) is 68.3 Å². The molecule has 0 aliphatic heterocycles. The van der Waals surface area contributed by atoms with Gasteiger partial charge in [0, 0.05) is 10.1 Å². The topological polar surface area (TPSA) is 29.1 Å². The summed E-state index contributed by atoms with van der Waals surface area (Å²) in [6.45, 7) is 4.71. The second kappa shape index (κ2) is 6.19. The first-order valence-corrected chi connectivity index (χ1v) is 7.24. The molecule has 0 radical (unpaired) electrons. The highest BCUT2D eigenvalue weighted by Gasteiger charge is 2.09. The monoisotopic (exact) mass is 365 g/mol. The molecule has 0 aliphatic rings. The lowest BCUT2D eigenvalue weighted by molar-refractivity contribution is 0.0950. The van der Waals surface area contributed by atoms with Crippen molar-refractivity contribution in [1.29, 1.82) is 0 Å². The third kappa shape index (κ3) is 3.56. The third-order valence-corrected chi connectivity index (χ3v) is 4.00. The quantitative estimate of drug-likeness (QED) is 0.823. The number of benzene rings is 2. The van der Waals surface area contributed by atoms with Crippen molar-refractivity contribution in [2.45, 2.75) is 20.4 Å². The van der Waals surface area contributed by atoms with Crippen LogP contribution in [0.15, 0.2) is 42.5 Å². The molecule has 2 nitrogen and oxygen atoms in total. The second-order valence-corrected chi connectivity index (χ2v) is 5.75. The molecule has 2 aromatic carbocycles. The van der Waals surface area contributed by atoms with Gasteiger partial charge in [-0.15, -0.1) is 0 Å². The highest BCUT2D eigenvalue weighted by molar-refractivity contribution is 14.1. The van der Waals surface area contributed by atoms with Gasteiger partial charge in [-0.25, -0.2) is 0 Å². The van der Waals surface area contributed by atoms with Crippen LogP contribution in [0.2, 0.25) is 0 Å². The van der Waals surface area contributed by atoms with Gasteiger partial charge in [0.15, 0.2) is 0 Å². The van der Waals surface area contributed by atoms with Crippen LogP contribution in [-0.4, -0.2) is 5.91 Å². The van der Waals surface area contributed by atoms with E-state index in [1.165, 1.54) is 11.1 Å². The van der Waals surface area contributed by atoms with Crippen molar-refractivity contribution in [1.82, 2.24) is 5.32 Å². The fourth-order valence-electron chi connectivity index (χ4n) is 1.96. The summed E-state index contributed by atoms with van der Waals surface area (Å²) < 4.78 is 0.971. The number of halogens is 1. The summed E-state index contributed by atoms with van der Waals surface area (Å²) in [4.78, 5) is 12.1. The van der Waals surface area contributed by atoms with E-state index in [1.54, 1.807) is 0 Å². The molecular weight excluding hydrogens is 349 g/mol. The van der Waals surface area contributed by atoms with E-state index in [2.05, 4.69) is 60.0 Å². The maximum atomic E-state index is 12.1. The van der Waals surface area contributed by atoms with Crippen LogP contribution in [0.3, 0.4) is 0 Å². The van der Waals surface area contributed by atoms with Crippen molar-refractivity contribution in [3.8, 4) is 0 Å². The van der Waals surface area contributed by atoms with Crippen molar-refractivity contribution in [2.75, 3.05) is 0 Å². The zero-order valence-corrected chi connectivity index (χ0v) is 13.2. The minimum Gasteiger partial charge on any atom is -0.348 e. The number of rotatable bonds is 3. The molecule has 1 amide bonds. The Morgan fingerprint density at radius 2 is 1.89 bits per heavy atom. The standard InChI is InChI=1S/C16H16INO/c1-11-7-8-13(12(2)9-11)10-18-16(19)14-5-3-4-6-15(14)17/h3-9H,10H2,1-2H3,(H,18,19). The molecule has 3 heteroatoms. The summed E-state index contributed by atoms with van der Waals surface area (Å²) in [6, 6.07) is 13.9. The number of hydrogen-bond acceptors (Lipinski definition) is 1. The minimum atomic E-state index is -0.0232. The molecule has 98 valence electrons. The van der Waals surface area contributed by atoms with E-state index in [4.69, 9.17) is 0 Å². The van der Waals surface area contributed by atoms with Crippen LogP contribution >= 0.6 is 22.6 Å². The van der Waals surface area contributed by atoms with Crippen LogP contribution in [0.25, 0.3) is 0 Å². The van der Waals surface area contributed by atoms with E-state index in [0.717, 1.165) is 14.7 Å². The van der Waals surface area contributed by atoms with Gasteiger partial charge in [-0.2, -0.15) is 0 Å². The molecule has 19 heavy (non-hydrogen) atoms. The van der Waals surface area contributed by atoms with Crippen molar-refractivity contribution < 1.29 is 4.79 Å². The Balaban J connectivity index is 2.07. The zero-order chi connectivity index (χ0) is 13.8. The molecular formula is C16H16INO. The van der Waals surface area contributed by atoms with Gasteiger partial charge in [0.05, 0.1) is 5.56 Å². The molecule has 2 aromatic rings. The van der Waals surface area contributed by atoms with E-state index in [1.807, 2.05) is 24.3 Å². The Bertz CT molecular complexity index is 607. The van der Waals surface area contributed by atoms with E-state index in [0.29, 0.717) is 6.54 Å². The van der Waals surface area contributed by atoms with Crippen LogP contribution in [-0.2, 0) is 6.54 Å². The van der Waals surface area contributed by atoms with E-state index < -0.39 is 0 Å². The highest BCUT2D eigenvalue weighted by atomic mass is 127. The summed E-state index contributed by atoms with van der Waals surface area (Å²) in [6.07, 6.45) is 0. The normalized spacial score (nSPS) is 10.3. The van der Waals surface area contributed by atoms with Gasteiger partial charge in [0.1, 0.15) is 0 Å². The predicted octanol–water partition coefficient (Wildman–Crippen LogP) is 3.84. The molecule has 0 atom stereocenters.